The fourth-order valence-electron chi connectivity index (χ4n) is 4.58. The molecule has 4 heterocycles. The zero-order valence-electron chi connectivity index (χ0n) is 19.3. The number of carbonyl (C=O) groups is 1. The number of carboxylic acid groups (broad SMARTS) is 1. The lowest BCUT2D eigenvalue weighted by Crippen LogP contribution is -2.51. The Morgan fingerprint density at radius 3 is 2.66 bits per heavy atom. The molecule has 172 valence electrons. The Balaban J connectivity index is 1.80. The normalized spacial score (nSPS) is 19.8. The topological polar surface area (TPSA) is 130 Å². The molecule has 1 aliphatic heterocycles. The van der Waals surface area contributed by atoms with E-state index < -0.39 is 6.09 Å². The van der Waals surface area contributed by atoms with Crippen LogP contribution in [-0.2, 0) is 0 Å². The van der Waals surface area contributed by atoms with Crippen LogP contribution in [0.5, 0.6) is 0 Å². The third kappa shape index (κ3) is 3.78. The minimum Gasteiger partial charge on any atom is -0.465 e. The van der Waals surface area contributed by atoms with Gasteiger partial charge in [0.15, 0.2) is 5.82 Å². The van der Waals surface area contributed by atoms with Crippen molar-refractivity contribution >= 4 is 11.7 Å². The van der Waals surface area contributed by atoms with E-state index >= 15 is 0 Å². The molecular formula is C22H30N6O4. The van der Waals surface area contributed by atoms with Gasteiger partial charge in [-0.1, -0.05) is 39.8 Å². The van der Waals surface area contributed by atoms with Crippen molar-refractivity contribution in [3.05, 3.63) is 33.6 Å². The van der Waals surface area contributed by atoms with Gasteiger partial charge in [-0.3, -0.25) is 4.79 Å². The zero-order valence-corrected chi connectivity index (χ0v) is 19.3. The number of piperidine rings is 1. The van der Waals surface area contributed by atoms with Crippen molar-refractivity contribution in [2.45, 2.75) is 72.3 Å². The molecule has 10 nitrogen and oxygen atoms in total. The Morgan fingerprint density at radius 2 is 2.06 bits per heavy atom. The smallest absolute Gasteiger partial charge is 0.407 e. The molecule has 1 amide bonds. The summed E-state index contributed by atoms with van der Waals surface area (Å²) in [4.78, 5) is 33.3. The molecule has 1 fully saturated rings. The molecule has 0 aromatic carbocycles. The second kappa shape index (κ2) is 7.75. The number of rotatable bonds is 3. The first-order chi connectivity index (χ1) is 15.0. The Hall–Kier alpha value is -3.17. The summed E-state index contributed by atoms with van der Waals surface area (Å²) in [6.45, 7) is 12.3. The minimum atomic E-state index is -0.908. The van der Waals surface area contributed by atoms with Gasteiger partial charge in [-0.25, -0.2) is 9.31 Å². The van der Waals surface area contributed by atoms with Crippen LogP contribution in [0, 0.1) is 12.3 Å². The predicted molar refractivity (Wildman–Crippen MR) is 118 cm³/mol. The summed E-state index contributed by atoms with van der Waals surface area (Å²) in [7, 11) is 0. The molecule has 2 N–H and O–H groups in total. The average Bonchev–Trinajstić information content (AvgIpc) is 3.30. The lowest BCUT2D eigenvalue weighted by Gasteiger charge is -2.44. The second-order valence-electron chi connectivity index (χ2n) is 9.97. The molecule has 3 aromatic rings. The molecule has 4 rings (SSSR count). The molecule has 0 saturated carbocycles. The number of likely N-dealkylation sites (tertiary alicyclic amines) is 1. The third-order valence-corrected chi connectivity index (χ3v) is 6.26. The number of nitrogens with one attached hydrogen (secondary N) is 1. The number of H-pyrrole nitrogens is 1. The van der Waals surface area contributed by atoms with Gasteiger partial charge in [0.25, 0.3) is 11.4 Å². The summed E-state index contributed by atoms with van der Waals surface area (Å²) in [5, 5.41) is 18.4. The van der Waals surface area contributed by atoms with Crippen LogP contribution in [0.2, 0.25) is 0 Å². The van der Waals surface area contributed by atoms with Gasteiger partial charge in [-0.2, -0.15) is 10.1 Å². The monoisotopic (exact) mass is 442 g/mol. The van der Waals surface area contributed by atoms with Crippen LogP contribution in [0.15, 0.2) is 15.4 Å². The Kier molecular flexibility index (Phi) is 5.34. The van der Waals surface area contributed by atoms with Crippen molar-refractivity contribution in [3.63, 3.8) is 0 Å². The first kappa shape index (κ1) is 22.0. The molecule has 1 saturated heterocycles. The van der Waals surface area contributed by atoms with Gasteiger partial charge in [0.2, 0.25) is 0 Å². The van der Waals surface area contributed by atoms with Gasteiger partial charge in [-0.15, -0.1) is 0 Å². The highest BCUT2D eigenvalue weighted by Crippen LogP contribution is 2.39. The van der Waals surface area contributed by atoms with E-state index in [1.54, 1.807) is 10.6 Å². The summed E-state index contributed by atoms with van der Waals surface area (Å²) >= 11 is 0. The number of aromatic amines is 1. The summed E-state index contributed by atoms with van der Waals surface area (Å²) in [5.74, 6) is 1.01. The maximum absolute atomic E-state index is 12.6. The molecule has 2 atom stereocenters. The van der Waals surface area contributed by atoms with E-state index in [9.17, 15) is 14.7 Å². The van der Waals surface area contributed by atoms with E-state index in [1.807, 2.05) is 41.5 Å². The van der Waals surface area contributed by atoms with Gasteiger partial charge in [0.05, 0.1) is 11.4 Å². The van der Waals surface area contributed by atoms with Crippen LogP contribution in [0.1, 0.15) is 76.5 Å². The van der Waals surface area contributed by atoms with Crippen molar-refractivity contribution in [1.82, 2.24) is 29.6 Å². The van der Waals surface area contributed by atoms with Gasteiger partial charge >= 0.3 is 6.09 Å². The van der Waals surface area contributed by atoms with E-state index in [-0.39, 0.29) is 28.9 Å². The van der Waals surface area contributed by atoms with Gasteiger partial charge in [0, 0.05) is 30.5 Å². The van der Waals surface area contributed by atoms with Crippen LogP contribution in [0.25, 0.3) is 17.1 Å². The van der Waals surface area contributed by atoms with Gasteiger partial charge < -0.3 is 19.5 Å². The molecule has 0 bridgehead atoms. The maximum atomic E-state index is 12.6. The van der Waals surface area contributed by atoms with Crippen LogP contribution in [-0.4, -0.2) is 53.4 Å². The van der Waals surface area contributed by atoms with Crippen molar-refractivity contribution in [2.75, 3.05) is 6.54 Å². The highest BCUT2D eigenvalue weighted by atomic mass is 16.5. The predicted octanol–water partition coefficient (Wildman–Crippen LogP) is 3.78. The first-order valence-electron chi connectivity index (χ1n) is 10.9. The van der Waals surface area contributed by atoms with Crippen LogP contribution < -0.4 is 5.56 Å². The molecule has 1 aliphatic rings. The third-order valence-electron chi connectivity index (χ3n) is 6.26. The van der Waals surface area contributed by atoms with E-state index in [1.165, 1.54) is 4.90 Å². The number of hydrogen-bond donors (Lipinski definition) is 2. The summed E-state index contributed by atoms with van der Waals surface area (Å²) in [6.07, 6.45) is 0.318. The highest BCUT2D eigenvalue weighted by molar-refractivity contribution is 5.74. The minimum absolute atomic E-state index is 0.0133. The zero-order chi connectivity index (χ0) is 23.4. The second-order valence-corrected chi connectivity index (χ2v) is 9.97. The van der Waals surface area contributed by atoms with E-state index in [0.717, 1.165) is 5.69 Å². The lowest BCUT2D eigenvalue weighted by molar-refractivity contribution is 0.0518. The first-order valence-corrected chi connectivity index (χ1v) is 10.9. The highest BCUT2D eigenvalue weighted by Gasteiger charge is 2.40. The standard InChI is InChI=1S/C22H30N6O4/c1-11(2)18-24-20(32-26-18)17-12(3)25-28-14(10-16(29)23-19(17)28)13-7-8-27(21(30)31)15(9-13)22(4,5)6/h10-11,13,15H,7-9H2,1-6H3,(H,23,29)(H,30,31). The number of hydrogen-bond acceptors (Lipinski definition) is 6. The van der Waals surface area contributed by atoms with Crippen molar-refractivity contribution in [3.8, 4) is 11.5 Å². The van der Waals surface area contributed by atoms with Crippen LogP contribution in [0.4, 0.5) is 4.79 Å². The van der Waals surface area contributed by atoms with Gasteiger partial charge in [-0.05, 0) is 25.2 Å². The summed E-state index contributed by atoms with van der Waals surface area (Å²) in [5.41, 5.74) is 2.07. The molecular weight excluding hydrogens is 412 g/mol. The van der Waals surface area contributed by atoms with E-state index in [2.05, 4.69) is 15.1 Å². The van der Waals surface area contributed by atoms with Crippen molar-refractivity contribution in [2.24, 2.45) is 5.41 Å². The summed E-state index contributed by atoms with van der Waals surface area (Å²) in [6, 6.07) is 1.39. The number of fused-ring (bicyclic) bond motifs is 1. The largest absolute Gasteiger partial charge is 0.465 e. The number of amides is 1. The number of aromatic nitrogens is 5. The molecule has 0 aliphatic carbocycles. The Labute approximate surface area is 185 Å². The number of aryl methyl sites for hydroxylation is 1. The quantitative estimate of drug-likeness (QED) is 0.631. The van der Waals surface area contributed by atoms with Gasteiger partial charge in [0.1, 0.15) is 11.2 Å². The molecule has 32 heavy (non-hydrogen) atoms. The fourth-order valence-corrected chi connectivity index (χ4v) is 4.58. The summed E-state index contributed by atoms with van der Waals surface area (Å²) < 4.78 is 7.22. The molecule has 3 aromatic heterocycles. The molecule has 0 radical (unpaired) electrons. The average molecular weight is 443 g/mol. The maximum Gasteiger partial charge on any atom is 0.407 e. The van der Waals surface area contributed by atoms with Crippen molar-refractivity contribution < 1.29 is 14.4 Å². The Morgan fingerprint density at radius 1 is 1.34 bits per heavy atom. The van der Waals surface area contributed by atoms with Crippen LogP contribution >= 0.6 is 0 Å². The molecule has 10 heteroatoms. The SMILES string of the molecule is Cc1nn2c(C3CCN(C(=O)O)C(C(C)(C)C)C3)cc(=O)[nH]c2c1-c1nc(C(C)C)no1. The van der Waals surface area contributed by atoms with E-state index in [4.69, 9.17) is 9.62 Å². The lowest BCUT2D eigenvalue weighted by atomic mass is 9.76. The molecule has 2 unspecified atom stereocenters. The van der Waals surface area contributed by atoms with Crippen LogP contribution in [0.3, 0.4) is 0 Å². The van der Waals surface area contributed by atoms with E-state index in [0.29, 0.717) is 48.0 Å². The molecule has 0 spiro atoms. The Bertz CT molecular complexity index is 1220. The van der Waals surface area contributed by atoms with Crippen molar-refractivity contribution in [1.29, 1.82) is 0 Å². The fraction of sp³-hybridized carbons (Fsp3) is 0.591. The number of nitrogens with zero attached hydrogens (tertiary/aromatic N) is 5.